The fraction of sp³-hybridized carbons (Fsp3) is 0.444. The Morgan fingerprint density at radius 1 is 1.25 bits per heavy atom. The third kappa shape index (κ3) is 4.75. The Morgan fingerprint density at radius 3 is 2.33 bits per heavy atom. The van der Waals surface area contributed by atoms with E-state index >= 15 is 0 Å². The number of carbonyl (C=O) groups is 1. The lowest BCUT2D eigenvalue weighted by Gasteiger charge is -2.32. The molecule has 0 radical (unpaired) electrons. The molecule has 1 aliphatic carbocycles. The molecule has 1 aliphatic rings. The first kappa shape index (κ1) is 19.6. The molecule has 0 fully saturated rings. The van der Waals surface area contributed by atoms with E-state index in [1.165, 1.54) is 18.9 Å². The van der Waals surface area contributed by atoms with E-state index in [0.29, 0.717) is 23.3 Å². The summed E-state index contributed by atoms with van der Waals surface area (Å²) in [6.07, 6.45) is 5.49. The van der Waals surface area contributed by atoms with Crippen molar-refractivity contribution >= 4 is 17.7 Å². The number of thioether (sulfide) groups is 1. The van der Waals surface area contributed by atoms with Gasteiger partial charge in [0.1, 0.15) is 29.4 Å². The SMILES string of the molecule is COC(=O)C(C#N)=C1C=C(CC(SC)=C(C#N)C#N)CC(C)(C)C1. The number of ether oxygens (including phenoxy) is 1. The minimum absolute atomic E-state index is 0.0123. The van der Waals surface area contributed by atoms with Crippen molar-refractivity contribution in [3.8, 4) is 18.2 Å². The fourth-order valence-electron chi connectivity index (χ4n) is 2.78. The van der Waals surface area contributed by atoms with Crippen molar-refractivity contribution < 1.29 is 9.53 Å². The van der Waals surface area contributed by atoms with Gasteiger partial charge < -0.3 is 4.74 Å². The zero-order chi connectivity index (χ0) is 18.3. The third-order valence-corrected chi connectivity index (χ3v) is 4.55. The number of hydrogen-bond donors (Lipinski definition) is 0. The van der Waals surface area contributed by atoms with Crippen LogP contribution in [-0.2, 0) is 9.53 Å². The molecule has 0 atom stereocenters. The van der Waals surface area contributed by atoms with Crippen molar-refractivity contribution in [3.05, 3.63) is 33.3 Å². The van der Waals surface area contributed by atoms with Gasteiger partial charge in [0.15, 0.2) is 0 Å². The van der Waals surface area contributed by atoms with E-state index in [1.54, 1.807) is 0 Å². The second-order valence-corrected chi connectivity index (χ2v) is 7.13. The van der Waals surface area contributed by atoms with Gasteiger partial charge in [-0.05, 0) is 30.1 Å². The van der Waals surface area contributed by atoms with Gasteiger partial charge in [0, 0.05) is 11.3 Å². The minimum atomic E-state index is -0.642. The molecule has 124 valence electrons. The Balaban J connectivity index is 3.38. The van der Waals surface area contributed by atoms with Crippen LogP contribution in [0, 0.1) is 39.4 Å². The van der Waals surface area contributed by atoms with E-state index in [1.807, 2.05) is 30.5 Å². The summed E-state index contributed by atoms with van der Waals surface area (Å²) in [7, 11) is 1.25. The highest BCUT2D eigenvalue weighted by atomic mass is 32.2. The zero-order valence-corrected chi connectivity index (χ0v) is 15.1. The summed E-state index contributed by atoms with van der Waals surface area (Å²) < 4.78 is 4.69. The van der Waals surface area contributed by atoms with Crippen molar-refractivity contribution in [2.45, 2.75) is 33.1 Å². The first-order valence-corrected chi connectivity index (χ1v) is 8.52. The Morgan fingerprint density at radius 2 is 1.88 bits per heavy atom. The van der Waals surface area contributed by atoms with E-state index in [9.17, 15) is 10.1 Å². The molecule has 0 amide bonds. The fourth-order valence-corrected chi connectivity index (χ4v) is 3.41. The molecule has 1 rings (SSSR count). The molecular formula is C18H19N3O2S. The van der Waals surface area contributed by atoms with Crippen LogP contribution in [0.25, 0.3) is 0 Å². The van der Waals surface area contributed by atoms with Gasteiger partial charge in [0.05, 0.1) is 7.11 Å². The molecular weight excluding hydrogens is 322 g/mol. The highest BCUT2D eigenvalue weighted by Gasteiger charge is 2.29. The number of nitrogens with zero attached hydrogens (tertiary/aromatic N) is 3. The van der Waals surface area contributed by atoms with Crippen LogP contribution in [0.4, 0.5) is 0 Å². The summed E-state index contributed by atoms with van der Waals surface area (Å²) in [5, 5.41) is 27.4. The molecule has 0 heterocycles. The van der Waals surface area contributed by atoms with Crippen LogP contribution in [0.15, 0.2) is 33.3 Å². The molecule has 5 nitrogen and oxygen atoms in total. The summed E-state index contributed by atoms with van der Waals surface area (Å²) in [4.78, 5) is 12.5. The minimum Gasteiger partial charge on any atom is -0.465 e. The molecule has 24 heavy (non-hydrogen) atoms. The van der Waals surface area contributed by atoms with Crippen molar-refractivity contribution in [1.82, 2.24) is 0 Å². The number of nitriles is 3. The van der Waals surface area contributed by atoms with Gasteiger partial charge in [0.2, 0.25) is 0 Å². The zero-order valence-electron chi connectivity index (χ0n) is 14.3. The van der Waals surface area contributed by atoms with E-state index in [2.05, 4.69) is 18.6 Å². The van der Waals surface area contributed by atoms with Crippen molar-refractivity contribution in [1.29, 1.82) is 15.8 Å². The molecule has 0 spiro atoms. The van der Waals surface area contributed by atoms with Crippen molar-refractivity contribution in [2.75, 3.05) is 13.4 Å². The Labute approximate surface area is 146 Å². The van der Waals surface area contributed by atoms with Crippen LogP contribution < -0.4 is 0 Å². The van der Waals surface area contributed by atoms with Crippen LogP contribution in [0.1, 0.15) is 33.1 Å². The number of carbonyl (C=O) groups excluding carboxylic acids is 1. The maximum Gasteiger partial charge on any atom is 0.348 e. The highest BCUT2D eigenvalue weighted by molar-refractivity contribution is 8.02. The van der Waals surface area contributed by atoms with Crippen LogP contribution in [0.5, 0.6) is 0 Å². The Hall–Kier alpha value is -2.49. The summed E-state index contributed by atoms with van der Waals surface area (Å²) >= 11 is 1.37. The maximum absolute atomic E-state index is 11.8. The Kier molecular flexibility index (Phi) is 6.83. The van der Waals surface area contributed by atoms with Crippen molar-refractivity contribution in [2.24, 2.45) is 5.41 Å². The monoisotopic (exact) mass is 341 g/mol. The first-order valence-electron chi connectivity index (χ1n) is 7.30. The third-order valence-electron chi connectivity index (χ3n) is 3.71. The molecule has 0 saturated heterocycles. The van der Waals surface area contributed by atoms with Gasteiger partial charge in [-0.1, -0.05) is 25.5 Å². The number of hydrogen-bond acceptors (Lipinski definition) is 6. The lowest BCUT2D eigenvalue weighted by Crippen LogP contribution is -2.20. The van der Waals surface area contributed by atoms with Crippen LogP contribution in [0.2, 0.25) is 0 Å². The van der Waals surface area contributed by atoms with Crippen molar-refractivity contribution in [3.63, 3.8) is 0 Å². The van der Waals surface area contributed by atoms with E-state index in [4.69, 9.17) is 10.5 Å². The normalized spacial score (nSPS) is 17.5. The summed E-state index contributed by atoms with van der Waals surface area (Å²) in [6.45, 7) is 4.12. The van der Waals surface area contributed by atoms with Gasteiger partial charge in [-0.15, -0.1) is 11.8 Å². The topological polar surface area (TPSA) is 97.7 Å². The van der Waals surface area contributed by atoms with E-state index in [-0.39, 0.29) is 16.6 Å². The molecule has 0 saturated carbocycles. The number of rotatable bonds is 4. The number of esters is 1. The highest BCUT2D eigenvalue weighted by Crippen LogP contribution is 2.42. The molecule has 0 aromatic rings. The second-order valence-electron chi connectivity index (χ2n) is 6.23. The van der Waals surface area contributed by atoms with Crippen LogP contribution in [-0.4, -0.2) is 19.3 Å². The van der Waals surface area contributed by atoms with E-state index in [0.717, 1.165) is 12.0 Å². The largest absolute Gasteiger partial charge is 0.465 e. The van der Waals surface area contributed by atoms with Crippen LogP contribution >= 0.6 is 11.8 Å². The number of allylic oxidation sites excluding steroid dienone is 5. The smallest absolute Gasteiger partial charge is 0.348 e. The second kappa shape index (κ2) is 8.39. The molecule has 0 unspecified atom stereocenters. The quantitative estimate of drug-likeness (QED) is 0.438. The summed E-state index contributed by atoms with van der Waals surface area (Å²) in [5.74, 6) is -0.642. The Bertz CT molecular complexity index is 737. The first-order chi connectivity index (χ1) is 11.3. The number of methoxy groups -OCH3 is 1. The predicted octanol–water partition coefficient (Wildman–Crippen LogP) is 3.78. The molecule has 0 N–H and O–H groups in total. The molecule has 0 aromatic carbocycles. The van der Waals surface area contributed by atoms with Crippen LogP contribution in [0.3, 0.4) is 0 Å². The predicted molar refractivity (Wildman–Crippen MR) is 92.1 cm³/mol. The summed E-state index contributed by atoms with van der Waals surface area (Å²) in [6, 6.07) is 5.77. The summed E-state index contributed by atoms with van der Waals surface area (Å²) in [5.41, 5.74) is 1.62. The molecule has 6 heteroatoms. The van der Waals surface area contributed by atoms with Gasteiger partial charge in [-0.25, -0.2) is 4.79 Å². The lowest BCUT2D eigenvalue weighted by molar-refractivity contribution is -0.135. The molecule has 0 aliphatic heterocycles. The standard InChI is InChI=1S/C18H19N3O2S/c1-18(2)7-12(6-16(24-4)14(9-19)10-20)5-13(8-18)15(11-21)17(22)23-3/h5H,6-8H2,1-4H3. The molecule has 0 bridgehead atoms. The lowest BCUT2D eigenvalue weighted by atomic mass is 9.73. The van der Waals surface area contributed by atoms with E-state index < -0.39 is 5.97 Å². The van der Waals surface area contributed by atoms with Gasteiger partial charge in [0.25, 0.3) is 0 Å². The average molecular weight is 341 g/mol. The maximum atomic E-state index is 11.8. The van der Waals surface area contributed by atoms with Gasteiger partial charge in [-0.2, -0.15) is 15.8 Å². The van der Waals surface area contributed by atoms with Gasteiger partial charge in [-0.3, -0.25) is 0 Å². The average Bonchev–Trinajstić information content (AvgIpc) is 2.53. The molecule has 0 aromatic heterocycles. The van der Waals surface area contributed by atoms with Gasteiger partial charge >= 0.3 is 5.97 Å².